The minimum Gasteiger partial charge on any atom is -0.487 e. The van der Waals surface area contributed by atoms with Gasteiger partial charge >= 0.3 is 0 Å². The van der Waals surface area contributed by atoms with E-state index in [4.69, 9.17) is 10.5 Å². The SMILES string of the molecule is CC1(C)Cc2cc(-c3cncc(CN)c3)ccc2O1. The van der Waals surface area contributed by atoms with Crippen LogP contribution in [0.4, 0.5) is 0 Å². The first-order chi connectivity index (χ1) is 9.07. The average molecular weight is 254 g/mol. The molecule has 1 aromatic carbocycles. The molecule has 3 nitrogen and oxygen atoms in total. The third-order valence-corrected chi connectivity index (χ3v) is 3.43. The van der Waals surface area contributed by atoms with Gasteiger partial charge < -0.3 is 10.5 Å². The fourth-order valence-corrected chi connectivity index (χ4v) is 2.55. The summed E-state index contributed by atoms with van der Waals surface area (Å²) in [6.45, 7) is 4.74. The molecular formula is C16H18N2O. The van der Waals surface area contributed by atoms with Gasteiger partial charge in [0, 0.05) is 30.9 Å². The van der Waals surface area contributed by atoms with E-state index >= 15 is 0 Å². The summed E-state index contributed by atoms with van der Waals surface area (Å²) < 4.78 is 5.89. The second-order valence-electron chi connectivity index (χ2n) is 5.65. The van der Waals surface area contributed by atoms with Crippen LogP contribution in [0.15, 0.2) is 36.7 Å². The van der Waals surface area contributed by atoms with Crippen LogP contribution in [0, 0.1) is 0 Å². The highest BCUT2D eigenvalue weighted by molar-refractivity contribution is 5.66. The van der Waals surface area contributed by atoms with E-state index in [1.165, 1.54) is 11.1 Å². The Morgan fingerprint density at radius 1 is 1.21 bits per heavy atom. The average Bonchev–Trinajstić information content (AvgIpc) is 2.71. The van der Waals surface area contributed by atoms with Gasteiger partial charge in [-0.15, -0.1) is 0 Å². The number of pyridine rings is 1. The minimum atomic E-state index is -0.0989. The topological polar surface area (TPSA) is 48.1 Å². The van der Waals surface area contributed by atoms with E-state index in [0.717, 1.165) is 23.3 Å². The molecule has 2 aromatic rings. The van der Waals surface area contributed by atoms with Gasteiger partial charge in [0.05, 0.1) is 0 Å². The van der Waals surface area contributed by atoms with Gasteiger partial charge in [0.15, 0.2) is 0 Å². The fourth-order valence-electron chi connectivity index (χ4n) is 2.55. The molecule has 3 heteroatoms. The molecule has 3 rings (SSSR count). The summed E-state index contributed by atoms with van der Waals surface area (Å²) in [4.78, 5) is 4.24. The summed E-state index contributed by atoms with van der Waals surface area (Å²) in [6, 6.07) is 8.42. The van der Waals surface area contributed by atoms with Crippen molar-refractivity contribution in [3.05, 3.63) is 47.8 Å². The molecule has 98 valence electrons. The molecule has 1 aliphatic heterocycles. The summed E-state index contributed by atoms with van der Waals surface area (Å²) in [5, 5.41) is 0. The molecule has 0 atom stereocenters. The predicted octanol–water partition coefficient (Wildman–Crippen LogP) is 2.92. The van der Waals surface area contributed by atoms with Gasteiger partial charge in [-0.05, 0) is 48.7 Å². The smallest absolute Gasteiger partial charge is 0.123 e. The predicted molar refractivity (Wildman–Crippen MR) is 76.0 cm³/mol. The number of hydrogen-bond donors (Lipinski definition) is 1. The summed E-state index contributed by atoms with van der Waals surface area (Å²) in [5.41, 5.74) is 10.2. The molecule has 2 heterocycles. The lowest BCUT2D eigenvalue weighted by Gasteiger charge is -2.16. The molecule has 0 unspecified atom stereocenters. The van der Waals surface area contributed by atoms with Crippen LogP contribution in [0.5, 0.6) is 5.75 Å². The van der Waals surface area contributed by atoms with Crippen LogP contribution in [-0.2, 0) is 13.0 Å². The second kappa shape index (κ2) is 4.35. The largest absolute Gasteiger partial charge is 0.487 e. The first-order valence-electron chi connectivity index (χ1n) is 6.54. The lowest BCUT2D eigenvalue weighted by atomic mass is 9.98. The number of ether oxygens (including phenoxy) is 1. The molecule has 2 N–H and O–H groups in total. The van der Waals surface area contributed by atoms with Crippen molar-refractivity contribution in [2.24, 2.45) is 5.73 Å². The van der Waals surface area contributed by atoms with Crippen molar-refractivity contribution in [3.63, 3.8) is 0 Å². The maximum atomic E-state index is 5.89. The number of rotatable bonds is 2. The lowest BCUT2D eigenvalue weighted by molar-refractivity contribution is 0.138. The fraction of sp³-hybridized carbons (Fsp3) is 0.312. The zero-order chi connectivity index (χ0) is 13.5. The number of fused-ring (bicyclic) bond motifs is 1. The van der Waals surface area contributed by atoms with Crippen LogP contribution in [0.2, 0.25) is 0 Å². The van der Waals surface area contributed by atoms with Crippen molar-refractivity contribution in [1.29, 1.82) is 0 Å². The van der Waals surface area contributed by atoms with E-state index in [1.807, 2.05) is 12.4 Å². The Morgan fingerprint density at radius 2 is 2.05 bits per heavy atom. The van der Waals surface area contributed by atoms with Crippen LogP contribution in [0.25, 0.3) is 11.1 Å². The van der Waals surface area contributed by atoms with Crippen LogP contribution >= 0.6 is 0 Å². The monoisotopic (exact) mass is 254 g/mol. The van der Waals surface area contributed by atoms with Crippen molar-refractivity contribution in [2.45, 2.75) is 32.4 Å². The van der Waals surface area contributed by atoms with Gasteiger partial charge in [0.2, 0.25) is 0 Å². The van der Waals surface area contributed by atoms with E-state index in [-0.39, 0.29) is 5.60 Å². The molecule has 0 saturated carbocycles. The molecule has 0 bridgehead atoms. The molecule has 0 saturated heterocycles. The van der Waals surface area contributed by atoms with Gasteiger partial charge in [0.25, 0.3) is 0 Å². The van der Waals surface area contributed by atoms with Crippen LogP contribution in [0.1, 0.15) is 25.0 Å². The van der Waals surface area contributed by atoms with E-state index in [2.05, 4.69) is 43.1 Å². The molecule has 0 radical (unpaired) electrons. The molecule has 1 aliphatic rings. The van der Waals surface area contributed by atoms with E-state index in [0.29, 0.717) is 6.54 Å². The maximum Gasteiger partial charge on any atom is 0.123 e. The molecular weight excluding hydrogens is 236 g/mol. The highest BCUT2D eigenvalue weighted by atomic mass is 16.5. The van der Waals surface area contributed by atoms with Crippen molar-refractivity contribution >= 4 is 0 Å². The van der Waals surface area contributed by atoms with Gasteiger partial charge in [-0.2, -0.15) is 0 Å². The zero-order valence-corrected chi connectivity index (χ0v) is 11.3. The summed E-state index contributed by atoms with van der Waals surface area (Å²) >= 11 is 0. The Hall–Kier alpha value is -1.87. The summed E-state index contributed by atoms with van der Waals surface area (Å²) in [5.74, 6) is 0.997. The van der Waals surface area contributed by atoms with Gasteiger partial charge in [-0.3, -0.25) is 4.98 Å². The minimum absolute atomic E-state index is 0.0989. The highest BCUT2D eigenvalue weighted by Crippen LogP contribution is 2.37. The Balaban J connectivity index is 1.99. The Kier molecular flexibility index (Phi) is 2.79. The lowest BCUT2D eigenvalue weighted by Crippen LogP contribution is -2.24. The number of benzene rings is 1. The molecule has 0 spiro atoms. The Bertz CT molecular complexity index is 620. The quantitative estimate of drug-likeness (QED) is 0.896. The number of nitrogens with zero attached hydrogens (tertiary/aromatic N) is 1. The molecule has 19 heavy (non-hydrogen) atoms. The summed E-state index contributed by atoms with van der Waals surface area (Å²) in [7, 11) is 0. The second-order valence-corrected chi connectivity index (χ2v) is 5.65. The molecule has 0 aliphatic carbocycles. The summed E-state index contributed by atoms with van der Waals surface area (Å²) in [6.07, 6.45) is 4.63. The maximum absolute atomic E-state index is 5.89. The normalized spacial score (nSPS) is 15.9. The van der Waals surface area contributed by atoms with E-state index in [1.54, 1.807) is 0 Å². The third-order valence-electron chi connectivity index (χ3n) is 3.43. The number of aromatic nitrogens is 1. The third kappa shape index (κ3) is 2.34. The molecule has 0 amide bonds. The number of nitrogens with two attached hydrogens (primary N) is 1. The van der Waals surface area contributed by atoms with Crippen molar-refractivity contribution in [2.75, 3.05) is 0 Å². The van der Waals surface area contributed by atoms with Crippen LogP contribution in [-0.4, -0.2) is 10.6 Å². The van der Waals surface area contributed by atoms with Crippen LogP contribution < -0.4 is 10.5 Å². The highest BCUT2D eigenvalue weighted by Gasteiger charge is 2.29. The van der Waals surface area contributed by atoms with Crippen LogP contribution in [0.3, 0.4) is 0 Å². The van der Waals surface area contributed by atoms with Gasteiger partial charge in [0.1, 0.15) is 11.4 Å². The van der Waals surface area contributed by atoms with Crippen molar-refractivity contribution in [3.8, 4) is 16.9 Å². The van der Waals surface area contributed by atoms with Gasteiger partial charge in [-0.1, -0.05) is 6.07 Å². The number of hydrogen-bond acceptors (Lipinski definition) is 3. The Labute approximate surface area is 113 Å². The first-order valence-corrected chi connectivity index (χ1v) is 6.54. The standard InChI is InChI=1S/C16H18N2O/c1-16(2)7-13-6-12(3-4-15(13)19-16)14-5-11(8-17)9-18-10-14/h3-6,9-10H,7-8,17H2,1-2H3. The van der Waals surface area contributed by atoms with Crippen molar-refractivity contribution in [1.82, 2.24) is 4.98 Å². The van der Waals surface area contributed by atoms with Gasteiger partial charge in [-0.25, -0.2) is 0 Å². The Morgan fingerprint density at radius 3 is 2.84 bits per heavy atom. The molecule has 1 aromatic heterocycles. The zero-order valence-electron chi connectivity index (χ0n) is 11.3. The van der Waals surface area contributed by atoms with Crippen molar-refractivity contribution < 1.29 is 4.74 Å². The van der Waals surface area contributed by atoms with E-state index in [9.17, 15) is 0 Å². The molecule has 0 fully saturated rings. The van der Waals surface area contributed by atoms with E-state index < -0.39 is 0 Å². The first kappa shape index (κ1) is 12.2.